The molecule has 0 spiro atoms. The summed E-state index contributed by atoms with van der Waals surface area (Å²) in [5.74, 6) is 1.04. The minimum atomic E-state index is 0.776. The van der Waals surface area contributed by atoms with Crippen LogP contribution in [0.3, 0.4) is 0 Å². The largest absolute Gasteiger partial charge is 0.300 e. The maximum absolute atomic E-state index is 4.29. The van der Waals surface area contributed by atoms with Gasteiger partial charge in [-0.3, -0.25) is 4.90 Å². The molecule has 1 aliphatic heterocycles. The number of nitrogens with zero attached hydrogens (tertiary/aromatic N) is 1. The van der Waals surface area contributed by atoms with E-state index >= 15 is 0 Å². The van der Waals surface area contributed by atoms with Crippen LogP contribution in [-0.2, 0) is 0 Å². The molecule has 0 bridgehead atoms. The lowest BCUT2D eigenvalue weighted by molar-refractivity contribution is 0.288. The average Bonchev–Trinajstić information content (AvgIpc) is 2.33. The summed E-state index contributed by atoms with van der Waals surface area (Å²) in [4.78, 5) is 2.51. The molecule has 1 atom stereocenters. The number of thiol groups is 1. The number of likely N-dealkylation sites (tertiary alicyclic amines) is 1. The van der Waals surface area contributed by atoms with Gasteiger partial charge in [0.2, 0.25) is 0 Å². The number of hydrogen-bond donors (Lipinski definition) is 1. The van der Waals surface area contributed by atoms with E-state index in [4.69, 9.17) is 0 Å². The molecule has 1 saturated heterocycles. The molecule has 0 aromatic heterocycles. The van der Waals surface area contributed by atoms with Gasteiger partial charge in [0.1, 0.15) is 0 Å². The van der Waals surface area contributed by atoms with E-state index in [-0.39, 0.29) is 0 Å². The highest BCUT2D eigenvalue weighted by Gasteiger charge is 2.20. The van der Waals surface area contributed by atoms with Crippen molar-refractivity contribution in [1.82, 2.24) is 4.90 Å². The zero-order valence-electron chi connectivity index (χ0n) is 6.01. The van der Waals surface area contributed by atoms with Crippen molar-refractivity contribution in [2.45, 2.75) is 25.8 Å². The van der Waals surface area contributed by atoms with Crippen LogP contribution in [0.4, 0.5) is 0 Å². The molecule has 0 aliphatic carbocycles. The van der Waals surface area contributed by atoms with Crippen LogP contribution in [-0.4, -0.2) is 29.8 Å². The Morgan fingerprint density at radius 1 is 1.67 bits per heavy atom. The Kier molecular flexibility index (Phi) is 2.86. The fourth-order valence-electron chi connectivity index (χ4n) is 1.52. The minimum absolute atomic E-state index is 0.776. The second-order valence-electron chi connectivity index (χ2n) is 2.61. The van der Waals surface area contributed by atoms with Gasteiger partial charge in [0.05, 0.1) is 0 Å². The Bertz CT molecular complexity index is 75.0. The molecule has 0 aromatic carbocycles. The predicted octanol–water partition coefficient (Wildman–Crippen LogP) is 1.40. The van der Waals surface area contributed by atoms with E-state index in [9.17, 15) is 0 Å². The molecule has 0 amide bonds. The van der Waals surface area contributed by atoms with Crippen molar-refractivity contribution in [2.24, 2.45) is 0 Å². The smallest absolute Gasteiger partial charge is 0.0184 e. The Hall–Kier alpha value is 0.310. The lowest BCUT2D eigenvalue weighted by atomic mass is 10.2. The van der Waals surface area contributed by atoms with Gasteiger partial charge in [-0.1, -0.05) is 6.92 Å². The third-order valence-corrected chi connectivity index (χ3v) is 2.54. The van der Waals surface area contributed by atoms with Crippen LogP contribution in [0.5, 0.6) is 0 Å². The summed E-state index contributed by atoms with van der Waals surface area (Å²) in [6, 6.07) is 0.776. The molecule has 1 rings (SSSR count). The first-order valence-corrected chi connectivity index (χ1v) is 4.36. The highest BCUT2D eigenvalue weighted by atomic mass is 32.1. The molecule has 2 heteroatoms. The third kappa shape index (κ3) is 1.62. The topological polar surface area (TPSA) is 3.24 Å². The van der Waals surface area contributed by atoms with Crippen molar-refractivity contribution in [1.29, 1.82) is 0 Å². The van der Waals surface area contributed by atoms with Crippen LogP contribution in [0.1, 0.15) is 19.8 Å². The summed E-state index contributed by atoms with van der Waals surface area (Å²) < 4.78 is 0. The van der Waals surface area contributed by atoms with Crippen molar-refractivity contribution >= 4 is 12.6 Å². The van der Waals surface area contributed by atoms with E-state index in [1.165, 1.54) is 25.9 Å². The van der Waals surface area contributed by atoms with Crippen LogP contribution in [0, 0.1) is 0 Å². The Morgan fingerprint density at radius 3 is 2.89 bits per heavy atom. The highest BCUT2D eigenvalue weighted by Crippen LogP contribution is 2.16. The molecule has 1 heterocycles. The van der Waals surface area contributed by atoms with Crippen LogP contribution in [0.2, 0.25) is 0 Å². The number of hydrogen-bond acceptors (Lipinski definition) is 2. The van der Waals surface area contributed by atoms with Crippen LogP contribution >= 0.6 is 12.6 Å². The molecule has 9 heavy (non-hydrogen) atoms. The average molecular weight is 145 g/mol. The standard InChI is InChI=1S/C7H15NS/c1-2-8-5-3-4-7(8)6-9/h7,9H,2-6H2,1H3/t7-/m1/s1. The highest BCUT2D eigenvalue weighted by molar-refractivity contribution is 7.80. The first kappa shape index (κ1) is 7.42. The lowest BCUT2D eigenvalue weighted by Crippen LogP contribution is -2.30. The summed E-state index contributed by atoms with van der Waals surface area (Å²) in [7, 11) is 0. The number of rotatable bonds is 2. The van der Waals surface area contributed by atoms with Gasteiger partial charge >= 0.3 is 0 Å². The van der Waals surface area contributed by atoms with Crippen LogP contribution in [0.25, 0.3) is 0 Å². The van der Waals surface area contributed by atoms with E-state index in [2.05, 4.69) is 24.5 Å². The molecule has 54 valence electrons. The van der Waals surface area contributed by atoms with Crippen molar-refractivity contribution in [2.75, 3.05) is 18.8 Å². The van der Waals surface area contributed by atoms with E-state index in [1.54, 1.807) is 0 Å². The monoisotopic (exact) mass is 145 g/mol. The second-order valence-corrected chi connectivity index (χ2v) is 2.97. The molecule has 0 aromatic rings. The summed E-state index contributed by atoms with van der Waals surface area (Å²) in [5, 5.41) is 0. The van der Waals surface area contributed by atoms with E-state index in [0.717, 1.165) is 11.8 Å². The van der Waals surface area contributed by atoms with Gasteiger partial charge in [0.25, 0.3) is 0 Å². The minimum Gasteiger partial charge on any atom is -0.300 e. The molecular weight excluding hydrogens is 130 g/mol. The second kappa shape index (κ2) is 3.47. The summed E-state index contributed by atoms with van der Waals surface area (Å²) in [6.45, 7) is 4.72. The molecule has 1 fully saturated rings. The molecular formula is C7H15NS. The zero-order chi connectivity index (χ0) is 6.69. The Balaban J connectivity index is 2.32. The van der Waals surface area contributed by atoms with Gasteiger partial charge in [-0.25, -0.2) is 0 Å². The van der Waals surface area contributed by atoms with E-state index in [0.29, 0.717) is 0 Å². The molecule has 0 N–H and O–H groups in total. The lowest BCUT2D eigenvalue weighted by Gasteiger charge is -2.20. The van der Waals surface area contributed by atoms with Gasteiger partial charge in [0.15, 0.2) is 0 Å². The van der Waals surface area contributed by atoms with Gasteiger partial charge in [-0.15, -0.1) is 0 Å². The third-order valence-electron chi connectivity index (χ3n) is 2.12. The Morgan fingerprint density at radius 2 is 2.44 bits per heavy atom. The van der Waals surface area contributed by atoms with Crippen LogP contribution < -0.4 is 0 Å². The van der Waals surface area contributed by atoms with Crippen molar-refractivity contribution in [3.63, 3.8) is 0 Å². The van der Waals surface area contributed by atoms with Gasteiger partial charge in [-0.2, -0.15) is 12.6 Å². The van der Waals surface area contributed by atoms with Crippen molar-refractivity contribution < 1.29 is 0 Å². The maximum Gasteiger partial charge on any atom is 0.0184 e. The zero-order valence-corrected chi connectivity index (χ0v) is 6.90. The predicted molar refractivity (Wildman–Crippen MR) is 44.1 cm³/mol. The first-order valence-electron chi connectivity index (χ1n) is 3.73. The van der Waals surface area contributed by atoms with E-state index < -0.39 is 0 Å². The quantitative estimate of drug-likeness (QED) is 0.575. The fourth-order valence-corrected chi connectivity index (χ4v) is 1.93. The van der Waals surface area contributed by atoms with Gasteiger partial charge in [0, 0.05) is 11.8 Å². The van der Waals surface area contributed by atoms with E-state index in [1.807, 2.05) is 0 Å². The van der Waals surface area contributed by atoms with Crippen molar-refractivity contribution in [3.8, 4) is 0 Å². The van der Waals surface area contributed by atoms with Gasteiger partial charge < -0.3 is 0 Å². The summed E-state index contributed by atoms with van der Waals surface area (Å²) in [6.07, 6.45) is 2.73. The van der Waals surface area contributed by atoms with Gasteiger partial charge in [-0.05, 0) is 25.9 Å². The fraction of sp³-hybridized carbons (Fsp3) is 1.00. The van der Waals surface area contributed by atoms with Crippen LogP contribution in [0.15, 0.2) is 0 Å². The Labute approximate surface area is 62.8 Å². The SMILES string of the molecule is CCN1CCC[C@@H]1CS. The molecule has 1 aliphatic rings. The molecule has 0 unspecified atom stereocenters. The normalized spacial score (nSPS) is 29.3. The van der Waals surface area contributed by atoms with Crippen molar-refractivity contribution in [3.05, 3.63) is 0 Å². The maximum atomic E-state index is 4.29. The molecule has 1 nitrogen and oxygen atoms in total. The summed E-state index contributed by atoms with van der Waals surface area (Å²) >= 11 is 4.29. The molecule has 0 radical (unpaired) electrons. The molecule has 0 saturated carbocycles. The first-order chi connectivity index (χ1) is 4.38. The summed E-state index contributed by atoms with van der Waals surface area (Å²) in [5.41, 5.74) is 0.